The molecule has 0 bridgehead atoms. The minimum atomic E-state index is -0.635. The van der Waals surface area contributed by atoms with Crippen LogP contribution in [-0.2, 0) is 28.0 Å². The van der Waals surface area contributed by atoms with Gasteiger partial charge >= 0.3 is 11.7 Å². The van der Waals surface area contributed by atoms with E-state index in [4.69, 9.17) is 9.47 Å². The molecule has 4 rings (SSSR count). The molecule has 176 valence electrons. The molecule has 0 spiro atoms. The Balaban J connectivity index is 2.03. The molecule has 0 aliphatic rings. The Bertz CT molecular complexity index is 1460. The first-order valence-corrected chi connectivity index (χ1v) is 12.6. The van der Waals surface area contributed by atoms with Gasteiger partial charge in [0.1, 0.15) is 17.1 Å². The SMILES string of the molecule is CCOC(=O)Cn1c(=O)c2c(CBr)c(-c3ccccc3)sc2n(Cc2ccccc2OC)c1=O. The lowest BCUT2D eigenvalue weighted by atomic mass is 10.1. The average molecular weight is 543 g/mol. The molecular weight excluding hydrogens is 520 g/mol. The molecule has 0 saturated carbocycles. The van der Waals surface area contributed by atoms with Gasteiger partial charge in [-0.25, -0.2) is 9.36 Å². The molecule has 0 amide bonds. The first kappa shape index (κ1) is 24.0. The lowest BCUT2D eigenvalue weighted by molar-refractivity contribution is -0.143. The Morgan fingerprint density at radius 2 is 1.74 bits per heavy atom. The fourth-order valence-corrected chi connectivity index (χ4v) is 5.94. The second-order valence-corrected chi connectivity index (χ2v) is 9.03. The molecule has 0 saturated heterocycles. The summed E-state index contributed by atoms with van der Waals surface area (Å²) in [7, 11) is 1.57. The molecule has 0 atom stereocenters. The number of aromatic nitrogens is 2. The highest BCUT2D eigenvalue weighted by atomic mass is 79.9. The summed E-state index contributed by atoms with van der Waals surface area (Å²) in [6, 6.07) is 17.1. The number of methoxy groups -OCH3 is 1. The molecule has 7 nitrogen and oxygen atoms in total. The molecule has 0 unspecified atom stereocenters. The maximum absolute atomic E-state index is 13.6. The largest absolute Gasteiger partial charge is 0.496 e. The monoisotopic (exact) mass is 542 g/mol. The van der Waals surface area contributed by atoms with Gasteiger partial charge in [0, 0.05) is 15.8 Å². The van der Waals surface area contributed by atoms with Gasteiger partial charge in [-0.1, -0.05) is 64.5 Å². The van der Waals surface area contributed by atoms with Gasteiger partial charge in [0.05, 0.1) is 25.6 Å². The van der Waals surface area contributed by atoms with Gasteiger partial charge in [0.2, 0.25) is 0 Å². The number of rotatable bonds is 8. The van der Waals surface area contributed by atoms with Crippen molar-refractivity contribution in [2.24, 2.45) is 0 Å². The number of para-hydroxylation sites is 1. The highest BCUT2D eigenvalue weighted by Gasteiger charge is 2.24. The molecule has 0 fully saturated rings. The second kappa shape index (κ2) is 10.4. The summed E-state index contributed by atoms with van der Waals surface area (Å²) >= 11 is 4.92. The zero-order valence-electron chi connectivity index (χ0n) is 18.7. The molecule has 0 N–H and O–H groups in total. The van der Waals surface area contributed by atoms with Crippen molar-refractivity contribution in [2.75, 3.05) is 13.7 Å². The molecule has 2 aromatic heterocycles. The van der Waals surface area contributed by atoms with Crippen LogP contribution < -0.4 is 16.0 Å². The summed E-state index contributed by atoms with van der Waals surface area (Å²) in [6.07, 6.45) is 0. The van der Waals surface area contributed by atoms with Crippen molar-refractivity contribution in [3.8, 4) is 16.2 Å². The van der Waals surface area contributed by atoms with Crippen LogP contribution in [0.3, 0.4) is 0 Å². The topological polar surface area (TPSA) is 79.5 Å². The van der Waals surface area contributed by atoms with E-state index in [1.807, 2.05) is 54.6 Å². The number of carbonyl (C=O) groups excluding carboxylic acids is 1. The number of thiophene rings is 1. The molecule has 34 heavy (non-hydrogen) atoms. The van der Waals surface area contributed by atoms with Gasteiger partial charge in [-0.2, -0.15) is 0 Å². The van der Waals surface area contributed by atoms with E-state index in [2.05, 4.69) is 15.9 Å². The normalized spacial score (nSPS) is 11.0. The zero-order valence-corrected chi connectivity index (χ0v) is 21.1. The van der Waals surface area contributed by atoms with Crippen molar-refractivity contribution < 1.29 is 14.3 Å². The number of nitrogens with zero attached hydrogens (tertiary/aromatic N) is 2. The van der Waals surface area contributed by atoms with Gasteiger partial charge in [-0.3, -0.25) is 14.2 Å². The first-order chi connectivity index (χ1) is 16.5. The smallest absolute Gasteiger partial charge is 0.332 e. The predicted octanol–water partition coefficient (Wildman–Crippen LogP) is 4.41. The Morgan fingerprint density at radius 1 is 1.03 bits per heavy atom. The number of ether oxygens (including phenoxy) is 2. The van der Waals surface area contributed by atoms with E-state index in [1.54, 1.807) is 14.0 Å². The van der Waals surface area contributed by atoms with Crippen LogP contribution >= 0.6 is 27.3 Å². The predicted molar refractivity (Wildman–Crippen MR) is 137 cm³/mol. The number of fused-ring (bicyclic) bond motifs is 1. The summed E-state index contributed by atoms with van der Waals surface area (Å²) in [5.41, 5.74) is 1.44. The molecule has 0 aliphatic heterocycles. The Morgan fingerprint density at radius 3 is 2.41 bits per heavy atom. The van der Waals surface area contributed by atoms with Gasteiger partial charge in [-0.05, 0) is 24.1 Å². The highest BCUT2D eigenvalue weighted by molar-refractivity contribution is 9.08. The van der Waals surface area contributed by atoms with E-state index in [9.17, 15) is 14.4 Å². The van der Waals surface area contributed by atoms with Crippen LogP contribution in [0.15, 0.2) is 64.2 Å². The van der Waals surface area contributed by atoms with Crippen LogP contribution in [0, 0.1) is 0 Å². The number of hydrogen-bond acceptors (Lipinski definition) is 6. The van der Waals surface area contributed by atoms with Crippen molar-refractivity contribution in [3.63, 3.8) is 0 Å². The maximum Gasteiger partial charge on any atom is 0.332 e. The second-order valence-electron chi connectivity index (χ2n) is 7.47. The molecule has 0 aliphatic carbocycles. The Kier molecular flexibility index (Phi) is 7.33. The third-order valence-corrected chi connectivity index (χ3v) is 7.30. The summed E-state index contributed by atoms with van der Waals surface area (Å²) in [6.45, 7) is 1.57. The minimum Gasteiger partial charge on any atom is -0.496 e. The molecule has 9 heteroatoms. The molecular formula is C25H23BrN2O5S. The highest BCUT2D eigenvalue weighted by Crippen LogP contribution is 2.38. The van der Waals surface area contributed by atoms with E-state index >= 15 is 0 Å². The van der Waals surface area contributed by atoms with Gasteiger partial charge in [0.25, 0.3) is 5.56 Å². The van der Waals surface area contributed by atoms with Crippen molar-refractivity contribution in [2.45, 2.75) is 25.3 Å². The maximum atomic E-state index is 13.6. The van der Waals surface area contributed by atoms with Crippen LogP contribution in [-0.4, -0.2) is 28.8 Å². The fraction of sp³-hybridized carbons (Fsp3) is 0.240. The lowest BCUT2D eigenvalue weighted by Crippen LogP contribution is -2.42. The van der Waals surface area contributed by atoms with Crippen LogP contribution in [0.2, 0.25) is 0 Å². The van der Waals surface area contributed by atoms with Crippen molar-refractivity contribution in [1.82, 2.24) is 9.13 Å². The Labute approximate surface area is 208 Å². The number of hydrogen-bond donors (Lipinski definition) is 0. The van der Waals surface area contributed by atoms with E-state index in [0.29, 0.717) is 21.3 Å². The van der Waals surface area contributed by atoms with E-state index in [-0.39, 0.29) is 13.2 Å². The van der Waals surface area contributed by atoms with E-state index in [1.165, 1.54) is 15.9 Å². The summed E-state index contributed by atoms with van der Waals surface area (Å²) < 4.78 is 13.0. The van der Waals surface area contributed by atoms with Gasteiger partial charge in [0.15, 0.2) is 0 Å². The van der Waals surface area contributed by atoms with Crippen LogP contribution in [0.1, 0.15) is 18.1 Å². The summed E-state index contributed by atoms with van der Waals surface area (Å²) in [5, 5.41) is 0.832. The van der Waals surface area contributed by atoms with E-state index < -0.39 is 23.8 Å². The van der Waals surface area contributed by atoms with Gasteiger partial charge in [-0.15, -0.1) is 11.3 Å². The molecule has 2 heterocycles. The lowest BCUT2D eigenvalue weighted by Gasteiger charge is -2.14. The average Bonchev–Trinajstić information content (AvgIpc) is 3.25. The summed E-state index contributed by atoms with van der Waals surface area (Å²) in [5.74, 6) is -0.00459. The molecule has 2 aromatic carbocycles. The van der Waals surface area contributed by atoms with E-state index in [0.717, 1.165) is 26.1 Å². The van der Waals surface area contributed by atoms with Crippen molar-refractivity contribution in [1.29, 1.82) is 0 Å². The zero-order chi connectivity index (χ0) is 24.2. The first-order valence-electron chi connectivity index (χ1n) is 10.7. The number of carbonyl (C=O) groups is 1. The quantitative estimate of drug-likeness (QED) is 0.243. The molecule has 0 radical (unpaired) electrons. The number of alkyl halides is 1. The van der Waals surface area contributed by atoms with Gasteiger partial charge < -0.3 is 9.47 Å². The fourth-order valence-electron chi connectivity index (χ4n) is 3.89. The van der Waals surface area contributed by atoms with Crippen LogP contribution in [0.25, 0.3) is 20.7 Å². The van der Waals surface area contributed by atoms with Crippen LogP contribution in [0.5, 0.6) is 5.75 Å². The van der Waals surface area contributed by atoms with Crippen molar-refractivity contribution >= 4 is 43.5 Å². The Hall–Kier alpha value is -3.17. The standard InChI is InChI=1S/C25H23BrN2O5S/c1-3-33-20(29)15-27-23(30)21-18(13-26)22(16-9-5-4-6-10-16)34-24(21)28(25(27)31)14-17-11-7-8-12-19(17)32-2/h4-12H,3,13-15H2,1-2H3. The summed E-state index contributed by atoms with van der Waals surface area (Å²) in [4.78, 5) is 40.8. The third-order valence-electron chi connectivity index (χ3n) is 5.44. The number of esters is 1. The van der Waals surface area contributed by atoms with Crippen molar-refractivity contribution in [3.05, 3.63) is 86.6 Å². The molecule has 4 aromatic rings. The number of halogens is 1. The van der Waals surface area contributed by atoms with Crippen LogP contribution in [0.4, 0.5) is 0 Å². The minimum absolute atomic E-state index is 0.161. The third kappa shape index (κ3) is 4.45. The number of benzene rings is 2.